The number of nitrogens with zero attached hydrogens (tertiary/aromatic N) is 2. The van der Waals surface area contributed by atoms with E-state index in [0.29, 0.717) is 22.8 Å². The van der Waals surface area contributed by atoms with Gasteiger partial charge in [0.15, 0.2) is 0 Å². The Morgan fingerprint density at radius 2 is 1.70 bits per heavy atom. The minimum Gasteiger partial charge on any atom is -0.489 e. The van der Waals surface area contributed by atoms with Crippen LogP contribution < -0.4 is 15.4 Å². The molecule has 0 fully saturated rings. The molecule has 150 valence electrons. The van der Waals surface area contributed by atoms with E-state index in [2.05, 4.69) is 20.6 Å². The van der Waals surface area contributed by atoms with Gasteiger partial charge in [0.05, 0.1) is 28.6 Å². The zero-order valence-corrected chi connectivity index (χ0v) is 16.8. The zero-order chi connectivity index (χ0) is 20.9. The predicted octanol–water partition coefficient (Wildman–Crippen LogP) is 5.41. The monoisotopic (exact) mass is 398 g/mol. The number of ether oxygens (including phenoxy) is 1. The van der Waals surface area contributed by atoms with Crippen LogP contribution in [0.3, 0.4) is 0 Å². The number of hydrogen-bond acceptors (Lipinski definition) is 5. The summed E-state index contributed by atoms with van der Waals surface area (Å²) < 4.78 is 5.76. The summed E-state index contributed by atoms with van der Waals surface area (Å²) in [5, 5.41) is 7.20. The van der Waals surface area contributed by atoms with E-state index in [1.54, 1.807) is 24.5 Å². The highest BCUT2D eigenvalue weighted by molar-refractivity contribution is 6.05. The van der Waals surface area contributed by atoms with E-state index in [-0.39, 0.29) is 12.0 Å². The predicted molar refractivity (Wildman–Crippen MR) is 119 cm³/mol. The maximum Gasteiger partial charge on any atom is 0.257 e. The van der Waals surface area contributed by atoms with Gasteiger partial charge in [-0.15, -0.1) is 0 Å². The van der Waals surface area contributed by atoms with Crippen LogP contribution in [0.4, 0.5) is 17.2 Å². The van der Waals surface area contributed by atoms with Crippen LogP contribution >= 0.6 is 0 Å². The van der Waals surface area contributed by atoms with E-state index in [1.165, 1.54) is 0 Å². The topological polar surface area (TPSA) is 76.1 Å². The fraction of sp³-hybridized carbons (Fsp3) is 0.125. The summed E-state index contributed by atoms with van der Waals surface area (Å²) in [6.07, 6.45) is 3.32. The number of benzene rings is 2. The Balaban J connectivity index is 1.49. The van der Waals surface area contributed by atoms with Gasteiger partial charge in [-0.2, -0.15) is 0 Å². The van der Waals surface area contributed by atoms with E-state index >= 15 is 0 Å². The standard InChI is InChI=1S/C24H22N4O2/c1-16(2)30-21-11-4-3-9-19(21)28-24(29)18-12-13-22(26-15-18)27-20-10-5-7-17-8-6-14-25-23(17)20/h3-16H,1-2H3,(H,26,27)(H,28,29). The van der Waals surface area contributed by atoms with Crippen molar-refractivity contribution in [1.82, 2.24) is 9.97 Å². The van der Waals surface area contributed by atoms with Crippen LogP contribution in [0.1, 0.15) is 24.2 Å². The Labute approximate surface area is 175 Å². The van der Waals surface area contributed by atoms with Gasteiger partial charge >= 0.3 is 0 Å². The molecule has 0 bridgehead atoms. The Morgan fingerprint density at radius 3 is 2.50 bits per heavy atom. The van der Waals surface area contributed by atoms with E-state index in [4.69, 9.17) is 4.74 Å². The van der Waals surface area contributed by atoms with Gasteiger partial charge < -0.3 is 15.4 Å². The van der Waals surface area contributed by atoms with E-state index in [0.717, 1.165) is 16.6 Å². The molecule has 0 saturated heterocycles. The first-order valence-corrected chi connectivity index (χ1v) is 9.74. The van der Waals surface area contributed by atoms with E-state index in [1.807, 2.05) is 68.4 Å². The third-order valence-corrected chi connectivity index (χ3v) is 4.42. The average molecular weight is 398 g/mol. The highest BCUT2D eigenvalue weighted by Crippen LogP contribution is 2.26. The number of rotatable bonds is 6. The van der Waals surface area contributed by atoms with E-state index in [9.17, 15) is 4.79 Å². The van der Waals surface area contributed by atoms with Gasteiger partial charge in [0, 0.05) is 17.8 Å². The number of amides is 1. The molecule has 0 saturated carbocycles. The van der Waals surface area contributed by atoms with Gasteiger partial charge in [0.2, 0.25) is 0 Å². The van der Waals surface area contributed by atoms with Gasteiger partial charge in [-0.05, 0) is 50.2 Å². The summed E-state index contributed by atoms with van der Waals surface area (Å²) in [6.45, 7) is 3.89. The second-order valence-electron chi connectivity index (χ2n) is 7.05. The van der Waals surface area contributed by atoms with Gasteiger partial charge in [0.1, 0.15) is 11.6 Å². The molecule has 6 heteroatoms. The van der Waals surface area contributed by atoms with Crippen LogP contribution in [0, 0.1) is 0 Å². The lowest BCUT2D eigenvalue weighted by Crippen LogP contribution is -2.14. The molecule has 2 N–H and O–H groups in total. The molecule has 0 radical (unpaired) electrons. The van der Waals surface area contributed by atoms with Crippen LogP contribution in [0.25, 0.3) is 10.9 Å². The number of nitrogens with one attached hydrogen (secondary N) is 2. The first-order chi connectivity index (χ1) is 14.6. The molecule has 0 spiro atoms. The lowest BCUT2D eigenvalue weighted by Gasteiger charge is -2.15. The SMILES string of the molecule is CC(C)Oc1ccccc1NC(=O)c1ccc(Nc2cccc3cccnc23)nc1. The second kappa shape index (κ2) is 8.61. The third-order valence-electron chi connectivity index (χ3n) is 4.42. The lowest BCUT2D eigenvalue weighted by atomic mass is 10.2. The molecule has 0 unspecified atom stereocenters. The molecule has 6 nitrogen and oxygen atoms in total. The molecule has 2 aromatic heterocycles. The third kappa shape index (κ3) is 4.38. The number of para-hydroxylation sites is 3. The smallest absolute Gasteiger partial charge is 0.257 e. The van der Waals surface area contributed by atoms with Crippen LogP contribution in [0.5, 0.6) is 5.75 Å². The van der Waals surface area contributed by atoms with Crippen molar-refractivity contribution in [2.24, 2.45) is 0 Å². The first kappa shape index (κ1) is 19.4. The van der Waals surface area contributed by atoms with Crippen molar-refractivity contribution in [3.8, 4) is 5.75 Å². The molecule has 0 atom stereocenters. The normalized spacial score (nSPS) is 10.8. The highest BCUT2D eigenvalue weighted by Gasteiger charge is 2.11. The number of carbonyl (C=O) groups is 1. The van der Waals surface area contributed by atoms with Crippen molar-refractivity contribution in [3.63, 3.8) is 0 Å². The molecule has 30 heavy (non-hydrogen) atoms. The quantitative estimate of drug-likeness (QED) is 0.454. The molecule has 2 aromatic carbocycles. The van der Waals surface area contributed by atoms with Crippen LogP contribution in [-0.4, -0.2) is 22.0 Å². The minimum absolute atomic E-state index is 0.0126. The molecule has 4 rings (SSSR count). The number of aromatic nitrogens is 2. The summed E-state index contributed by atoms with van der Waals surface area (Å²) in [4.78, 5) is 21.5. The maximum absolute atomic E-state index is 12.7. The molecule has 2 heterocycles. The minimum atomic E-state index is -0.249. The number of pyridine rings is 2. The summed E-state index contributed by atoms with van der Waals surface area (Å²) in [6, 6.07) is 20.7. The van der Waals surface area contributed by atoms with Gasteiger partial charge in [-0.1, -0.05) is 30.3 Å². The van der Waals surface area contributed by atoms with Crippen LogP contribution in [0.2, 0.25) is 0 Å². The molecule has 0 aliphatic heterocycles. The Hall–Kier alpha value is -3.93. The Morgan fingerprint density at radius 1 is 0.900 bits per heavy atom. The second-order valence-corrected chi connectivity index (χ2v) is 7.05. The van der Waals surface area contributed by atoms with Gasteiger partial charge in [0.25, 0.3) is 5.91 Å². The molecule has 0 aliphatic carbocycles. The van der Waals surface area contributed by atoms with Crippen molar-refractivity contribution in [3.05, 3.63) is 84.7 Å². The fourth-order valence-electron chi connectivity index (χ4n) is 3.07. The van der Waals surface area contributed by atoms with Crippen LogP contribution in [-0.2, 0) is 0 Å². The first-order valence-electron chi connectivity index (χ1n) is 9.74. The number of hydrogen-bond donors (Lipinski definition) is 2. The number of carbonyl (C=O) groups excluding carboxylic acids is 1. The lowest BCUT2D eigenvalue weighted by molar-refractivity contribution is 0.102. The fourth-order valence-corrected chi connectivity index (χ4v) is 3.07. The molecule has 1 amide bonds. The summed E-state index contributed by atoms with van der Waals surface area (Å²) >= 11 is 0. The zero-order valence-electron chi connectivity index (χ0n) is 16.8. The average Bonchev–Trinajstić information content (AvgIpc) is 2.75. The number of anilines is 3. The van der Waals surface area contributed by atoms with E-state index < -0.39 is 0 Å². The Bertz CT molecular complexity index is 1170. The van der Waals surface area contributed by atoms with Crippen molar-refractivity contribution >= 4 is 34.0 Å². The highest BCUT2D eigenvalue weighted by atomic mass is 16.5. The largest absolute Gasteiger partial charge is 0.489 e. The maximum atomic E-state index is 12.7. The molecular formula is C24H22N4O2. The summed E-state index contributed by atoms with van der Waals surface area (Å²) in [7, 11) is 0. The van der Waals surface area contributed by atoms with Crippen molar-refractivity contribution in [1.29, 1.82) is 0 Å². The summed E-state index contributed by atoms with van der Waals surface area (Å²) in [5.41, 5.74) is 2.80. The van der Waals surface area contributed by atoms with Gasteiger partial charge in [-0.3, -0.25) is 9.78 Å². The number of fused-ring (bicyclic) bond motifs is 1. The van der Waals surface area contributed by atoms with Crippen LogP contribution in [0.15, 0.2) is 79.1 Å². The van der Waals surface area contributed by atoms with Crippen molar-refractivity contribution in [2.75, 3.05) is 10.6 Å². The molecule has 0 aliphatic rings. The molecule has 4 aromatic rings. The summed E-state index contributed by atoms with van der Waals surface area (Å²) in [5.74, 6) is 1.02. The van der Waals surface area contributed by atoms with Crippen molar-refractivity contribution < 1.29 is 9.53 Å². The van der Waals surface area contributed by atoms with Crippen molar-refractivity contribution in [2.45, 2.75) is 20.0 Å². The molecular weight excluding hydrogens is 376 g/mol. The van der Waals surface area contributed by atoms with Gasteiger partial charge in [-0.25, -0.2) is 4.98 Å². The Kier molecular flexibility index (Phi) is 5.57.